The summed E-state index contributed by atoms with van der Waals surface area (Å²) >= 11 is 0. The molecule has 0 fully saturated rings. The Morgan fingerprint density at radius 3 is 2.29 bits per heavy atom. The molecule has 0 spiro atoms. The molecule has 0 aliphatic rings. The Bertz CT molecular complexity index is 1550. The van der Waals surface area contributed by atoms with Crippen LogP contribution in [0.5, 0.6) is 0 Å². The van der Waals surface area contributed by atoms with E-state index in [2.05, 4.69) is 10.2 Å². The van der Waals surface area contributed by atoms with E-state index in [0.717, 1.165) is 28.3 Å². The summed E-state index contributed by atoms with van der Waals surface area (Å²) in [6.07, 6.45) is -4.72. The van der Waals surface area contributed by atoms with E-state index in [1.807, 2.05) is 0 Å². The molecular formula is C23H21F4N5O3. The minimum absolute atomic E-state index is 0.0472. The first-order valence-corrected chi connectivity index (χ1v) is 10.7. The maximum Gasteiger partial charge on any atom is 0.397 e. The average Bonchev–Trinajstić information content (AvgIpc) is 3.14. The number of fused-ring (bicyclic) bond motifs is 1. The topological polar surface area (TPSA) is 94.9 Å². The molecule has 0 saturated carbocycles. The summed E-state index contributed by atoms with van der Waals surface area (Å²) in [5.41, 5.74) is -1.75. The van der Waals surface area contributed by atoms with Crippen molar-refractivity contribution < 1.29 is 22.7 Å². The van der Waals surface area contributed by atoms with Crippen LogP contribution in [0.4, 0.5) is 17.6 Å². The number of aliphatic hydroxyl groups excluding tert-OH is 1. The van der Waals surface area contributed by atoms with E-state index < -0.39 is 47.1 Å². The maximum atomic E-state index is 15.2. The van der Waals surface area contributed by atoms with Gasteiger partial charge < -0.3 is 5.11 Å². The predicted octanol–water partition coefficient (Wildman–Crippen LogP) is 3.36. The summed E-state index contributed by atoms with van der Waals surface area (Å²) in [5.74, 6) is -3.21. The van der Waals surface area contributed by atoms with Gasteiger partial charge in [-0.15, -0.1) is 5.10 Å². The van der Waals surface area contributed by atoms with Crippen LogP contribution >= 0.6 is 0 Å². The molecule has 35 heavy (non-hydrogen) atoms. The van der Waals surface area contributed by atoms with Gasteiger partial charge in [0.25, 0.3) is 5.56 Å². The number of alkyl halides is 3. The molecule has 0 unspecified atom stereocenters. The van der Waals surface area contributed by atoms with E-state index in [-0.39, 0.29) is 28.8 Å². The van der Waals surface area contributed by atoms with E-state index in [9.17, 15) is 27.9 Å². The van der Waals surface area contributed by atoms with Gasteiger partial charge in [0, 0.05) is 11.9 Å². The van der Waals surface area contributed by atoms with Crippen molar-refractivity contribution in [2.75, 3.05) is 0 Å². The molecule has 0 bridgehead atoms. The van der Waals surface area contributed by atoms with E-state index in [0.29, 0.717) is 10.2 Å². The third-order valence-corrected chi connectivity index (χ3v) is 5.86. The van der Waals surface area contributed by atoms with Gasteiger partial charge in [0.2, 0.25) is 0 Å². The standard InChI is InChI=1S/C23H21F4N5O3/c1-4-30-19(11-33)28-32(22(30)35)18-10-14-15(9-16(18)24)21(34)31(17-8-6-5-7-12(17)2)29-20(14)13(3)23(25,26)27/h5-10,13,33H,4,11H2,1-3H3/t13-/m0/s1. The zero-order valence-corrected chi connectivity index (χ0v) is 19.0. The molecule has 0 saturated heterocycles. The van der Waals surface area contributed by atoms with Gasteiger partial charge in [0.05, 0.1) is 22.7 Å². The lowest BCUT2D eigenvalue weighted by Gasteiger charge is -2.19. The van der Waals surface area contributed by atoms with Crippen molar-refractivity contribution in [3.05, 3.63) is 80.1 Å². The molecule has 184 valence electrons. The number of benzene rings is 2. The Labute approximate surface area is 195 Å². The van der Waals surface area contributed by atoms with Crippen LogP contribution in [0.25, 0.3) is 22.1 Å². The number of halogens is 4. The van der Waals surface area contributed by atoms with Crippen LogP contribution in [0.1, 0.15) is 36.8 Å². The van der Waals surface area contributed by atoms with Crippen LogP contribution in [0.15, 0.2) is 46.0 Å². The number of aryl methyl sites for hydroxylation is 1. The van der Waals surface area contributed by atoms with Crippen LogP contribution in [0, 0.1) is 12.7 Å². The van der Waals surface area contributed by atoms with Gasteiger partial charge in [-0.05, 0) is 44.5 Å². The minimum Gasteiger partial charge on any atom is -0.388 e. The number of aromatic nitrogens is 5. The first-order valence-electron chi connectivity index (χ1n) is 10.7. The second kappa shape index (κ2) is 8.77. The Morgan fingerprint density at radius 2 is 1.71 bits per heavy atom. The zero-order chi connectivity index (χ0) is 25.7. The van der Waals surface area contributed by atoms with Crippen molar-refractivity contribution in [2.45, 2.75) is 46.0 Å². The molecule has 2 heterocycles. The van der Waals surface area contributed by atoms with E-state index in [4.69, 9.17) is 0 Å². The molecule has 1 atom stereocenters. The molecule has 4 rings (SSSR count). The number of para-hydroxylation sites is 1. The molecular weight excluding hydrogens is 470 g/mol. The summed E-state index contributed by atoms with van der Waals surface area (Å²) in [7, 11) is 0. The van der Waals surface area contributed by atoms with Crippen LogP contribution in [0.2, 0.25) is 0 Å². The van der Waals surface area contributed by atoms with E-state index >= 15 is 4.39 Å². The molecule has 0 aliphatic heterocycles. The fourth-order valence-corrected chi connectivity index (χ4v) is 3.90. The SMILES string of the molecule is CCn1c(CO)nn(-c2cc3c([C@H](C)C(F)(F)F)nn(-c4ccccc4C)c(=O)c3cc2F)c1=O. The van der Waals surface area contributed by atoms with Crippen molar-refractivity contribution in [1.29, 1.82) is 0 Å². The lowest BCUT2D eigenvalue weighted by atomic mass is 10.00. The lowest BCUT2D eigenvalue weighted by molar-refractivity contribution is -0.147. The Morgan fingerprint density at radius 1 is 1.03 bits per heavy atom. The summed E-state index contributed by atoms with van der Waals surface area (Å²) in [4.78, 5) is 26.0. The largest absolute Gasteiger partial charge is 0.397 e. The van der Waals surface area contributed by atoms with Crippen molar-refractivity contribution >= 4 is 10.8 Å². The van der Waals surface area contributed by atoms with Gasteiger partial charge in [-0.1, -0.05) is 18.2 Å². The minimum atomic E-state index is -4.72. The van der Waals surface area contributed by atoms with Crippen molar-refractivity contribution in [2.24, 2.45) is 0 Å². The molecule has 12 heteroatoms. The Hall–Kier alpha value is -3.80. The van der Waals surface area contributed by atoms with Crippen LogP contribution < -0.4 is 11.2 Å². The summed E-state index contributed by atoms with van der Waals surface area (Å²) < 4.78 is 59.2. The molecule has 1 N–H and O–H groups in total. The monoisotopic (exact) mass is 491 g/mol. The van der Waals surface area contributed by atoms with Crippen LogP contribution in [0.3, 0.4) is 0 Å². The van der Waals surface area contributed by atoms with Crippen LogP contribution in [-0.2, 0) is 13.2 Å². The van der Waals surface area contributed by atoms with Gasteiger partial charge in [-0.25, -0.2) is 9.18 Å². The number of rotatable bonds is 5. The molecule has 2 aromatic heterocycles. The molecule has 0 aliphatic carbocycles. The predicted molar refractivity (Wildman–Crippen MR) is 119 cm³/mol. The van der Waals surface area contributed by atoms with Crippen molar-refractivity contribution in [3.63, 3.8) is 0 Å². The fourth-order valence-electron chi connectivity index (χ4n) is 3.90. The average molecular weight is 491 g/mol. The summed E-state index contributed by atoms with van der Waals surface area (Å²) in [5, 5.41) is 16.8. The zero-order valence-electron chi connectivity index (χ0n) is 19.0. The Balaban J connectivity index is 2.10. The highest BCUT2D eigenvalue weighted by Gasteiger charge is 2.40. The summed E-state index contributed by atoms with van der Waals surface area (Å²) in [6, 6.07) is 8.24. The maximum absolute atomic E-state index is 15.2. The second-order valence-corrected chi connectivity index (χ2v) is 8.01. The normalized spacial score (nSPS) is 12.9. The highest BCUT2D eigenvalue weighted by Crippen LogP contribution is 2.37. The highest BCUT2D eigenvalue weighted by atomic mass is 19.4. The first kappa shape index (κ1) is 24.3. The second-order valence-electron chi connectivity index (χ2n) is 8.01. The number of nitrogens with zero attached hydrogens (tertiary/aromatic N) is 5. The molecule has 2 aromatic carbocycles. The van der Waals surface area contributed by atoms with Gasteiger partial charge in [0.15, 0.2) is 5.82 Å². The highest BCUT2D eigenvalue weighted by molar-refractivity contribution is 5.86. The summed E-state index contributed by atoms with van der Waals surface area (Å²) in [6.45, 7) is 3.69. The fraction of sp³-hybridized carbons (Fsp3) is 0.304. The van der Waals surface area contributed by atoms with Gasteiger partial charge in [0.1, 0.15) is 18.1 Å². The lowest BCUT2D eigenvalue weighted by Crippen LogP contribution is -2.28. The first-order chi connectivity index (χ1) is 16.5. The molecule has 0 amide bonds. The van der Waals surface area contributed by atoms with E-state index in [1.54, 1.807) is 32.0 Å². The van der Waals surface area contributed by atoms with E-state index in [1.165, 1.54) is 6.07 Å². The van der Waals surface area contributed by atoms with Crippen LogP contribution in [-0.4, -0.2) is 35.4 Å². The smallest absolute Gasteiger partial charge is 0.388 e. The van der Waals surface area contributed by atoms with Gasteiger partial charge in [-0.2, -0.15) is 27.6 Å². The number of aliphatic hydroxyl groups is 1. The number of hydrogen-bond donors (Lipinski definition) is 1. The molecule has 4 aromatic rings. The quantitative estimate of drug-likeness (QED) is 0.432. The van der Waals surface area contributed by atoms with Crippen molar-refractivity contribution in [3.8, 4) is 11.4 Å². The van der Waals surface area contributed by atoms with Crippen molar-refractivity contribution in [1.82, 2.24) is 24.1 Å². The van der Waals surface area contributed by atoms with Gasteiger partial charge >= 0.3 is 11.9 Å². The molecule has 0 radical (unpaired) electrons. The Kier molecular flexibility index (Phi) is 6.09. The third kappa shape index (κ3) is 4.03. The third-order valence-electron chi connectivity index (χ3n) is 5.86. The van der Waals surface area contributed by atoms with Gasteiger partial charge in [-0.3, -0.25) is 9.36 Å². The molecule has 8 nitrogen and oxygen atoms in total. The number of hydrogen-bond acceptors (Lipinski definition) is 5.